The van der Waals surface area contributed by atoms with Gasteiger partial charge in [-0.25, -0.2) is 0 Å². The van der Waals surface area contributed by atoms with Crippen molar-refractivity contribution in [1.29, 1.82) is 0 Å². The highest BCUT2D eigenvalue weighted by atomic mass is 31.2. The van der Waals surface area contributed by atoms with Crippen molar-refractivity contribution < 1.29 is 23.2 Å². The summed E-state index contributed by atoms with van der Waals surface area (Å²) in [5.74, 6) is 0.464. The van der Waals surface area contributed by atoms with Gasteiger partial charge in [0.25, 0.3) is 0 Å². The Morgan fingerprint density at radius 1 is 1.17 bits per heavy atom. The monoisotopic (exact) mass is 282 g/mol. The molecule has 0 aliphatic carbocycles. The van der Waals surface area contributed by atoms with Gasteiger partial charge in [0.15, 0.2) is 0 Å². The molecule has 0 aromatic rings. The maximum atomic E-state index is 12.1. The number of hydrogen-bond donors (Lipinski definition) is 1. The van der Waals surface area contributed by atoms with Crippen LogP contribution in [0.1, 0.15) is 20.3 Å². The van der Waals surface area contributed by atoms with Gasteiger partial charge in [-0.2, -0.15) is 0 Å². The highest BCUT2D eigenvalue weighted by molar-refractivity contribution is 7.53. The van der Waals surface area contributed by atoms with Crippen LogP contribution >= 0.6 is 7.60 Å². The fourth-order valence-electron chi connectivity index (χ4n) is 2.05. The van der Waals surface area contributed by atoms with Crippen molar-refractivity contribution in [3.8, 4) is 0 Å². The van der Waals surface area contributed by atoms with Gasteiger partial charge in [-0.05, 0) is 5.92 Å². The number of aliphatic hydroxyl groups is 1. The zero-order valence-electron chi connectivity index (χ0n) is 12.7. The van der Waals surface area contributed by atoms with E-state index in [1.165, 1.54) is 14.2 Å². The van der Waals surface area contributed by atoms with Crippen molar-refractivity contribution in [1.82, 2.24) is 0 Å². The minimum absolute atomic E-state index is 0.00336. The molecule has 110 valence electrons. The summed E-state index contributed by atoms with van der Waals surface area (Å²) in [5.41, 5.74) is 0. The second-order valence-corrected chi connectivity index (χ2v) is 8.36. The van der Waals surface area contributed by atoms with Gasteiger partial charge in [-0.1, -0.05) is 13.8 Å². The second kappa shape index (κ2) is 7.01. The van der Waals surface area contributed by atoms with Crippen molar-refractivity contribution in [2.24, 2.45) is 5.92 Å². The van der Waals surface area contributed by atoms with Crippen molar-refractivity contribution in [2.75, 3.05) is 41.5 Å². The maximum absolute atomic E-state index is 12.1. The van der Waals surface area contributed by atoms with Crippen molar-refractivity contribution in [2.45, 2.75) is 32.4 Å². The van der Waals surface area contributed by atoms with Crippen LogP contribution in [0.4, 0.5) is 0 Å². The summed E-state index contributed by atoms with van der Waals surface area (Å²) in [6.45, 7) is 4.23. The van der Waals surface area contributed by atoms with Crippen LogP contribution in [0.15, 0.2) is 0 Å². The molecule has 0 fully saturated rings. The van der Waals surface area contributed by atoms with E-state index in [1.807, 2.05) is 21.1 Å². The van der Waals surface area contributed by atoms with Crippen LogP contribution in [0.3, 0.4) is 0 Å². The Balaban J connectivity index is 4.87. The molecule has 1 N–H and O–H groups in total. The van der Waals surface area contributed by atoms with E-state index >= 15 is 0 Å². The molecule has 0 amide bonds. The molecule has 0 heterocycles. The molecule has 6 heteroatoms. The lowest BCUT2D eigenvalue weighted by molar-refractivity contribution is -0.900. The zero-order valence-corrected chi connectivity index (χ0v) is 13.6. The van der Waals surface area contributed by atoms with E-state index in [1.54, 1.807) is 0 Å². The largest absolute Gasteiger partial charge is 0.386 e. The van der Waals surface area contributed by atoms with Crippen LogP contribution in [-0.2, 0) is 13.6 Å². The molecule has 0 aromatic carbocycles. The average Bonchev–Trinajstić information content (AvgIpc) is 2.23. The number of rotatable bonds is 8. The summed E-state index contributed by atoms with van der Waals surface area (Å²) in [5, 5.41) is 10.3. The topological polar surface area (TPSA) is 55.8 Å². The molecule has 0 bridgehead atoms. The molecule has 0 radical (unpaired) electrons. The second-order valence-electron chi connectivity index (χ2n) is 6.04. The number of quaternary nitrogens is 1. The first kappa shape index (κ1) is 18.1. The maximum Gasteiger partial charge on any atom is 0.332 e. The van der Waals surface area contributed by atoms with Gasteiger partial charge in [-0.3, -0.25) is 4.57 Å². The molecular weight excluding hydrogens is 253 g/mol. The molecule has 18 heavy (non-hydrogen) atoms. The molecule has 0 saturated heterocycles. The van der Waals surface area contributed by atoms with Gasteiger partial charge >= 0.3 is 7.60 Å². The van der Waals surface area contributed by atoms with Crippen LogP contribution in [0, 0.1) is 5.92 Å². The standard InChI is InChI=1S/C12H29NO4P/c1-10(2)8-11(13(3,4)5)12(14)9-18(15,16-6)17-7/h10-12,14H,8-9H2,1-7H3/q+1/t11-,12+/m1/s1. The Labute approximate surface area is 111 Å². The third-order valence-electron chi connectivity index (χ3n) is 3.12. The van der Waals surface area contributed by atoms with E-state index in [0.29, 0.717) is 10.4 Å². The molecule has 0 aliphatic heterocycles. The highest BCUT2D eigenvalue weighted by Crippen LogP contribution is 2.47. The number of aliphatic hydroxyl groups excluding tert-OH is 1. The third-order valence-corrected chi connectivity index (χ3v) is 5.05. The van der Waals surface area contributed by atoms with Crippen LogP contribution < -0.4 is 0 Å². The molecule has 5 nitrogen and oxygen atoms in total. The summed E-state index contributed by atoms with van der Waals surface area (Å²) < 4.78 is 22.5. The first-order valence-corrected chi connectivity index (χ1v) is 7.98. The van der Waals surface area contributed by atoms with Crippen LogP contribution in [0.2, 0.25) is 0 Å². The molecule has 0 unspecified atom stereocenters. The van der Waals surface area contributed by atoms with Gasteiger partial charge in [0, 0.05) is 20.6 Å². The van der Waals surface area contributed by atoms with E-state index in [2.05, 4.69) is 13.8 Å². The van der Waals surface area contributed by atoms with Crippen LogP contribution in [0.5, 0.6) is 0 Å². The number of hydrogen-bond acceptors (Lipinski definition) is 4. The first-order valence-electron chi connectivity index (χ1n) is 6.25. The van der Waals surface area contributed by atoms with Gasteiger partial charge < -0.3 is 18.6 Å². The normalized spacial score (nSPS) is 16.9. The minimum Gasteiger partial charge on any atom is -0.386 e. The van der Waals surface area contributed by atoms with Gasteiger partial charge in [0.05, 0.1) is 27.3 Å². The molecule has 0 aromatic heterocycles. The van der Waals surface area contributed by atoms with Crippen molar-refractivity contribution in [3.05, 3.63) is 0 Å². The molecule has 0 aliphatic rings. The van der Waals surface area contributed by atoms with E-state index in [4.69, 9.17) is 9.05 Å². The van der Waals surface area contributed by atoms with E-state index in [0.717, 1.165) is 6.42 Å². The van der Waals surface area contributed by atoms with Gasteiger partial charge in [-0.15, -0.1) is 0 Å². The quantitative estimate of drug-likeness (QED) is 0.546. The lowest BCUT2D eigenvalue weighted by Gasteiger charge is -2.38. The average molecular weight is 282 g/mol. The lowest BCUT2D eigenvalue weighted by Crippen LogP contribution is -2.53. The molecule has 0 saturated carbocycles. The van der Waals surface area contributed by atoms with E-state index in [-0.39, 0.29) is 12.2 Å². The molecule has 0 rings (SSSR count). The van der Waals surface area contributed by atoms with Crippen molar-refractivity contribution in [3.63, 3.8) is 0 Å². The molecule has 0 spiro atoms. The van der Waals surface area contributed by atoms with Crippen LogP contribution in [0.25, 0.3) is 0 Å². The molecule has 2 atom stereocenters. The Hall–Kier alpha value is 0.0700. The Morgan fingerprint density at radius 3 is 1.89 bits per heavy atom. The predicted octanol–water partition coefficient (Wildman–Crippen LogP) is 1.95. The van der Waals surface area contributed by atoms with Gasteiger partial charge in [0.2, 0.25) is 0 Å². The predicted molar refractivity (Wildman–Crippen MR) is 73.8 cm³/mol. The summed E-state index contributed by atoms with van der Waals surface area (Å²) >= 11 is 0. The van der Waals surface area contributed by atoms with E-state index in [9.17, 15) is 9.67 Å². The van der Waals surface area contributed by atoms with Gasteiger partial charge in [0.1, 0.15) is 12.1 Å². The zero-order chi connectivity index (χ0) is 14.6. The van der Waals surface area contributed by atoms with Crippen molar-refractivity contribution >= 4 is 7.60 Å². The number of nitrogens with zero attached hydrogens (tertiary/aromatic N) is 1. The fourth-order valence-corrected chi connectivity index (χ4v) is 3.20. The summed E-state index contributed by atoms with van der Waals surface area (Å²) in [6, 6.07) is 0.00336. The summed E-state index contributed by atoms with van der Waals surface area (Å²) in [6.07, 6.45) is 0.184. The first-order chi connectivity index (χ1) is 8.05. The molecular formula is C12H29NO4P+. The Morgan fingerprint density at radius 2 is 1.61 bits per heavy atom. The Bertz CT molecular complexity index is 280. The van der Waals surface area contributed by atoms with Crippen LogP contribution in [-0.4, -0.2) is 63.3 Å². The SMILES string of the molecule is COP(=O)(C[C@H](O)[C@@H](CC(C)C)[N+](C)(C)C)OC. The minimum atomic E-state index is -3.16. The summed E-state index contributed by atoms with van der Waals surface area (Å²) in [4.78, 5) is 0. The van der Waals surface area contributed by atoms with E-state index < -0.39 is 13.7 Å². The highest BCUT2D eigenvalue weighted by Gasteiger charge is 2.37. The summed E-state index contributed by atoms with van der Waals surface area (Å²) in [7, 11) is 5.62. The Kier molecular flexibility index (Phi) is 7.04. The third kappa shape index (κ3) is 5.81. The smallest absolute Gasteiger partial charge is 0.332 e. The number of likely N-dealkylation sites (N-methyl/N-ethyl adjacent to an activating group) is 1. The lowest BCUT2D eigenvalue weighted by atomic mass is 9.97. The fraction of sp³-hybridized carbons (Fsp3) is 1.00.